The normalized spacial score (nSPS) is 11.1. The second-order valence-corrected chi connectivity index (χ2v) is 3.36. The van der Waals surface area contributed by atoms with Gasteiger partial charge in [-0.05, 0) is 12.8 Å². The van der Waals surface area contributed by atoms with Gasteiger partial charge in [0.05, 0.1) is 18.6 Å². The van der Waals surface area contributed by atoms with Gasteiger partial charge in [-0.25, -0.2) is 4.98 Å². The lowest BCUT2D eigenvalue weighted by Crippen LogP contribution is -2.08. The molecule has 0 aromatic carbocycles. The van der Waals surface area contributed by atoms with Crippen LogP contribution in [0.2, 0.25) is 0 Å². The summed E-state index contributed by atoms with van der Waals surface area (Å²) in [4.78, 5) is 3.93. The summed E-state index contributed by atoms with van der Waals surface area (Å²) in [6.07, 6.45) is 9.64. The average molecular weight is 213 g/mol. The molecule has 0 bridgehead atoms. The number of hydrogen-bond donors (Lipinski definition) is 1. The molecule has 86 valence electrons. The Balaban J connectivity index is 0.00000196. The van der Waals surface area contributed by atoms with E-state index in [4.69, 9.17) is 5.21 Å². The van der Waals surface area contributed by atoms with Crippen LogP contribution in [-0.4, -0.2) is 25.9 Å². The smallest absolute Gasteiger partial charge is 0.0949 e. The Kier molecular flexibility index (Phi) is 7.27. The molecule has 1 rings (SSSR count). The van der Waals surface area contributed by atoms with Gasteiger partial charge in [0.2, 0.25) is 0 Å². The van der Waals surface area contributed by atoms with Gasteiger partial charge in [-0.3, -0.25) is 0 Å². The Bertz CT molecular complexity index is 270. The van der Waals surface area contributed by atoms with E-state index in [0.29, 0.717) is 6.54 Å². The molecule has 0 spiro atoms. The van der Waals surface area contributed by atoms with Crippen LogP contribution in [-0.2, 0) is 6.54 Å². The summed E-state index contributed by atoms with van der Waals surface area (Å²) in [6.45, 7) is 2.80. The van der Waals surface area contributed by atoms with E-state index in [-0.39, 0.29) is 5.48 Å². The minimum Gasteiger partial charge on any atom is -0.412 e. The third kappa shape index (κ3) is 5.17. The van der Waals surface area contributed by atoms with Crippen molar-refractivity contribution in [1.29, 1.82) is 0 Å². The highest BCUT2D eigenvalue weighted by atomic mass is 16.4. The number of nitrogens with zero attached hydrogens (tertiary/aromatic N) is 3. The highest BCUT2D eigenvalue weighted by molar-refractivity contribution is 5.83. The summed E-state index contributed by atoms with van der Waals surface area (Å²) >= 11 is 0. The summed E-state index contributed by atoms with van der Waals surface area (Å²) in [7, 11) is 0. The molecule has 0 radical (unpaired) electrons. The lowest BCUT2D eigenvalue weighted by molar-refractivity contribution is 0.315. The number of unbranched alkanes of at least 4 members (excludes halogenated alkanes) is 2. The summed E-state index contributed by atoms with van der Waals surface area (Å²) < 4.78 is 1.90. The molecule has 0 fully saturated rings. The molecule has 3 N–H and O–H groups in total. The first-order chi connectivity index (χ1) is 6.86. The fraction of sp³-hybridized carbons (Fsp3) is 0.600. The molecule has 5 heteroatoms. The SMILES string of the molecule is CCCCCC(Cn1ccnc1)=NO.O. The quantitative estimate of drug-likeness (QED) is 0.336. The molecular formula is C10H19N3O2. The van der Waals surface area contributed by atoms with Crippen LogP contribution in [0.3, 0.4) is 0 Å². The average Bonchev–Trinajstić information content (AvgIpc) is 2.69. The fourth-order valence-electron chi connectivity index (χ4n) is 1.33. The maximum atomic E-state index is 8.78. The van der Waals surface area contributed by atoms with Crippen LogP contribution in [0, 0.1) is 0 Å². The third-order valence-corrected chi connectivity index (χ3v) is 2.13. The number of oxime groups is 1. The van der Waals surface area contributed by atoms with Crippen molar-refractivity contribution in [3.8, 4) is 0 Å². The van der Waals surface area contributed by atoms with Crippen molar-refractivity contribution >= 4 is 5.71 Å². The lowest BCUT2D eigenvalue weighted by atomic mass is 10.1. The second-order valence-electron chi connectivity index (χ2n) is 3.36. The minimum atomic E-state index is 0. The molecule has 0 saturated carbocycles. The Morgan fingerprint density at radius 3 is 2.80 bits per heavy atom. The van der Waals surface area contributed by atoms with Crippen molar-refractivity contribution in [3.63, 3.8) is 0 Å². The topological polar surface area (TPSA) is 81.9 Å². The number of hydrogen-bond acceptors (Lipinski definition) is 3. The third-order valence-electron chi connectivity index (χ3n) is 2.13. The largest absolute Gasteiger partial charge is 0.412 e. The zero-order chi connectivity index (χ0) is 10.2. The molecule has 0 unspecified atom stereocenters. The van der Waals surface area contributed by atoms with Crippen LogP contribution in [0.5, 0.6) is 0 Å². The zero-order valence-corrected chi connectivity index (χ0v) is 9.06. The highest BCUT2D eigenvalue weighted by Crippen LogP contribution is 2.02. The molecule has 0 saturated heterocycles. The molecule has 0 amide bonds. The molecule has 15 heavy (non-hydrogen) atoms. The van der Waals surface area contributed by atoms with Crippen LogP contribution < -0.4 is 0 Å². The van der Waals surface area contributed by atoms with Gasteiger partial charge in [-0.2, -0.15) is 0 Å². The Morgan fingerprint density at radius 2 is 2.27 bits per heavy atom. The molecule has 5 nitrogen and oxygen atoms in total. The Morgan fingerprint density at radius 1 is 1.47 bits per heavy atom. The van der Waals surface area contributed by atoms with E-state index in [2.05, 4.69) is 17.1 Å². The monoisotopic (exact) mass is 213 g/mol. The highest BCUT2D eigenvalue weighted by Gasteiger charge is 2.00. The second kappa shape index (κ2) is 7.99. The fourth-order valence-corrected chi connectivity index (χ4v) is 1.33. The van der Waals surface area contributed by atoms with Crippen LogP contribution in [0.1, 0.15) is 32.6 Å². The van der Waals surface area contributed by atoms with Gasteiger partial charge in [0, 0.05) is 12.4 Å². The Hall–Kier alpha value is -1.36. The summed E-state index contributed by atoms with van der Waals surface area (Å²) in [5.41, 5.74) is 0.816. The molecule has 0 aliphatic carbocycles. The summed E-state index contributed by atoms with van der Waals surface area (Å²) in [6, 6.07) is 0. The van der Waals surface area contributed by atoms with Crippen molar-refractivity contribution < 1.29 is 10.7 Å². The van der Waals surface area contributed by atoms with E-state index in [9.17, 15) is 0 Å². The van der Waals surface area contributed by atoms with Gasteiger partial charge in [0.1, 0.15) is 0 Å². The first kappa shape index (κ1) is 13.6. The van der Waals surface area contributed by atoms with E-state index >= 15 is 0 Å². The van der Waals surface area contributed by atoms with Gasteiger partial charge >= 0.3 is 0 Å². The van der Waals surface area contributed by atoms with Crippen molar-refractivity contribution in [2.75, 3.05) is 0 Å². The van der Waals surface area contributed by atoms with Crippen LogP contribution in [0.15, 0.2) is 23.9 Å². The van der Waals surface area contributed by atoms with Crippen molar-refractivity contribution in [1.82, 2.24) is 9.55 Å². The van der Waals surface area contributed by atoms with E-state index in [1.165, 1.54) is 12.8 Å². The number of rotatable bonds is 6. The first-order valence-electron chi connectivity index (χ1n) is 5.02. The van der Waals surface area contributed by atoms with Crippen LogP contribution in [0.25, 0.3) is 0 Å². The van der Waals surface area contributed by atoms with Crippen molar-refractivity contribution in [2.45, 2.75) is 39.2 Å². The van der Waals surface area contributed by atoms with Gasteiger partial charge in [0.25, 0.3) is 0 Å². The lowest BCUT2D eigenvalue weighted by Gasteiger charge is -2.04. The van der Waals surface area contributed by atoms with Crippen LogP contribution in [0.4, 0.5) is 0 Å². The predicted octanol–water partition coefficient (Wildman–Crippen LogP) is 1.47. The van der Waals surface area contributed by atoms with Crippen molar-refractivity contribution in [3.05, 3.63) is 18.7 Å². The van der Waals surface area contributed by atoms with Gasteiger partial charge in [-0.15, -0.1) is 0 Å². The van der Waals surface area contributed by atoms with E-state index < -0.39 is 0 Å². The molecular weight excluding hydrogens is 194 g/mol. The maximum Gasteiger partial charge on any atom is 0.0949 e. The van der Waals surface area contributed by atoms with Gasteiger partial charge < -0.3 is 15.3 Å². The standard InChI is InChI=1S/C10H17N3O.H2O/c1-2-3-4-5-10(12-14)8-13-7-6-11-9-13;/h6-7,9,14H,2-5,8H2,1H3;1H2. The Labute approximate surface area is 89.7 Å². The molecule has 0 aliphatic rings. The van der Waals surface area contributed by atoms with Crippen LogP contribution >= 0.6 is 0 Å². The van der Waals surface area contributed by atoms with Crippen molar-refractivity contribution in [2.24, 2.45) is 5.16 Å². The summed E-state index contributed by atoms with van der Waals surface area (Å²) in [5.74, 6) is 0. The molecule has 1 heterocycles. The summed E-state index contributed by atoms with van der Waals surface area (Å²) in [5, 5.41) is 12.1. The minimum absolute atomic E-state index is 0. The van der Waals surface area contributed by atoms with E-state index in [0.717, 1.165) is 18.6 Å². The number of aromatic nitrogens is 2. The first-order valence-corrected chi connectivity index (χ1v) is 5.02. The molecule has 1 aromatic heterocycles. The predicted molar refractivity (Wildman–Crippen MR) is 59.2 cm³/mol. The maximum absolute atomic E-state index is 8.78. The van der Waals surface area contributed by atoms with E-state index in [1.807, 2.05) is 10.8 Å². The van der Waals surface area contributed by atoms with Gasteiger partial charge in [0.15, 0.2) is 0 Å². The molecule has 0 aliphatic heterocycles. The zero-order valence-electron chi connectivity index (χ0n) is 9.06. The number of imidazole rings is 1. The molecule has 0 atom stereocenters. The van der Waals surface area contributed by atoms with E-state index in [1.54, 1.807) is 12.5 Å². The molecule has 1 aromatic rings. The van der Waals surface area contributed by atoms with Gasteiger partial charge in [-0.1, -0.05) is 24.9 Å².